The fourth-order valence-corrected chi connectivity index (χ4v) is 3.78. The number of carbonyl (C=O) groups excluding carboxylic acids is 1. The van der Waals surface area contributed by atoms with Crippen LogP contribution in [0.4, 0.5) is 4.79 Å². The second kappa shape index (κ2) is 13.9. The fraction of sp³-hybridized carbons (Fsp3) is 0.667. The van der Waals surface area contributed by atoms with Crippen molar-refractivity contribution in [2.24, 2.45) is 5.29 Å². The number of rotatable bonds is 12. The summed E-state index contributed by atoms with van der Waals surface area (Å²) in [5.41, 5.74) is 0.968. The smallest absolute Gasteiger partial charge is 0.345 e. The molecule has 1 fully saturated rings. The van der Waals surface area contributed by atoms with Gasteiger partial charge in [0.25, 0.3) is 0 Å². The highest BCUT2D eigenvalue weighted by atomic mass is 35.5. The minimum Gasteiger partial charge on any atom is -0.387 e. The van der Waals surface area contributed by atoms with Gasteiger partial charge in [-0.1, -0.05) is 30.3 Å². The molecule has 13 heteroatoms. The number of ether oxygens (including phenoxy) is 3. The number of amides is 2. The number of aliphatic hydroxyl groups excluding tert-OH is 4. The Balaban J connectivity index is 2.19. The molecule has 0 aromatic heterocycles. The molecule has 7 atom stereocenters. The van der Waals surface area contributed by atoms with Crippen LogP contribution in [0.15, 0.2) is 35.6 Å². The number of aliphatic hydroxyl groups is 4. The minimum atomic E-state index is -1.87. The lowest BCUT2D eigenvalue weighted by molar-refractivity contribution is -0.319. The van der Waals surface area contributed by atoms with E-state index in [1.807, 2.05) is 30.3 Å². The lowest BCUT2D eigenvalue weighted by atomic mass is 9.97. The standard InChI is InChI=1S/C21H32ClN3O9/c1-13(12-32-2)25(21(30)24(23-31)10-9-22)19(29)18-16(27)15(26)17(28)20(34-18)33-11-8-14-6-4-3-5-7-14/h3-7,13,15-20,26-29H,8-12H2,1-2H3/t13?,15-,16+,17+,18+,19?,20+/m1/s1. The van der Waals surface area contributed by atoms with E-state index in [2.05, 4.69) is 5.29 Å². The molecule has 1 aromatic rings. The van der Waals surface area contributed by atoms with Crippen molar-refractivity contribution >= 4 is 17.6 Å². The summed E-state index contributed by atoms with van der Waals surface area (Å²) in [6.07, 6.45) is -9.52. The van der Waals surface area contributed by atoms with Gasteiger partial charge >= 0.3 is 6.03 Å². The van der Waals surface area contributed by atoms with Crippen molar-refractivity contribution < 1.29 is 39.4 Å². The first-order valence-corrected chi connectivity index (χ1v) is 11.3. The first-order chi connectivity index (χ1) is 16.3. The number of hydrogen-bond acceptors (Lipinski definition) is 10. The van der Waals surface area contributed by atoms with Crippen LogP contribution in [0.1, 0.15) is 12.5 Å². The summed E-state index contributed by atoms with van der Waals surface area (Å²) in [5, 5.41) is 45.4. The zero-order valence-corrected chi connectivity index (χ0v) is 19.8. The maximum Gasteiger partial charge on any atom is 0.345 e. The predicted molar refractivity (Wildman–Crippen MR) is 121 cm³/mol. The Bertz CT molecular complexity index is 762. The van der Waals surface area contributed by atoms with E-state index in [4.69, 9.17) is 25.8 Å². The first kappa shape index (κ1) is 28.3. The van der Waals surface area contributed by atoms with Crippen molar-refractivity contribution in [3.63, 3.8) is 0 Å². The Morgan fingerprint density at radius 1 is 1.21 bits per heavy atom. The molecular weight excluding hydrogens is 474 g/mol. The molecule has 1 aromatic carbocycles. The van der Waals surface area contributed by atoms with Crippen LogP contribution < -0.4 is 0 Å². The van der Waals surface area contributed by atoms with Gasteiger partial charge in [0.1, 0.15) is 24.4 Å². The molecule has 192 valence electrons. The maximum absolute atomic E-state index is 12.9. The van der Waals surface area contributed by atoms with Gasteiger partial charge in [-0.15, -0.1) is 16.5 Å². The average molecular weight is 506 g/mol. The SMILES string of the molecule is COCC(C)N(C(=O)N(CCCl)N=O)C(O)[C@H]1O[C@H](OCCc2ccccc2)[C@@H](O)[C@H](O)[C@@H]1O. The van der Waals surface area contributed by atoms with E-state index in [1.165, 1.54) is 14.0 Å². The van der Waals surface area contributed by atoms with Crippen LogP contribution in [0.5, 0.6) is 0 Å². The van der Waals surface area contributed by atoms with Crippen molar-refractivity contribution in [2.75, 3.05) is 32.7 Å². The molecule has 2 amide bonds. The molecule has 1 saturated heterocycles. The Morgan fingerprint density at radius 3 is 2.47 bits per heavy atom. The summed E-state index contributed by atoms with van der Waals surface area (Å²) in [6.45, 7) is 1.37. The molecule has 1 aliphatic heterocycles. The number of carbonyl (C=O) groups is 1. The topological polar surface area (TPSA) is 162 Å². The zero-order valence-electron chi connectivity index (χ0n) is 19.0. The minimum absolute atomic E-state index is 0.0403. The Kier molecular flexibility index (Phi) is 11.5. The Morgan fingerprint density at radius 2 is 1.88 bits per heavy atom. The molecule has 2 rings (SSSR count). The number of benzene rings is 1. The lowest BCUT2D eigenvalue weighted by Crippen LogP contribution is -2.66. The third-order valence-corrected chi connectivity index (χ3v) is 5.59. The van der Waals surface area contributed by atoms with Gasteiger partial charge in [-0.25, -0.2) is 4.79 Å². The molecule has 2 unspecified atom stereocenters. The van der Waals surface area contributed by atoms with Crippen LogP contribution in [-0.2, 0) is 20.6 Å². The highest BCUT2D eigenvalue weighted by Gasteiger charge is 2.50. The molecule has 34 heavy (non-hydrogen) atoms. The second-order valence-corrected chi connectivity index (χ2v) is 8.23. The zero-order chi connectivity index (χ0) is 25.3. The molecule has 0 spiro atoms. The molecule has 1 aliphatic rings. The normalized spacial score (nSPS) is 26.5. The van der Waals surface area contributed by atoms with Gasteiger partial charge in [0.05, 0.1) is 31.1 Å². The number of urea groups is 1. The summed E-state index contributed by atoms with van der Waals surface area (Å²) in [7, 11) is 1.38. The number of hydrogen-bond donors (Lipinski definition) is 4. The van der Waals surface area contributed by atoms with E-state index >= 15 is 0 Å². The third-order valence-electron chi connectivity index (χ3n) is 5.42. The van der Waals surface area contributed by atoms with E-state index in [-0.39, 0.29) is 25.6 Å². The molecule has 0 bridgehead atoms. The van der Waals surface area contributed by atoms with E-state index in [0.717, 1.165) is 10.5 Å². The quantitative estimate of drug-likeness (QED) is 0.133. The van der Waals surface area contributed by atoms with Gasteiger partial charge in [0.15, 0.2) is 12.5 Å². The number of nitrogens with zero attached hydrogens (tertiary/aromatic N) is 3. The number of halogens is 1. The van der Waals surface area contributed by atoms with Crippen molar-refractivity contribution in [3.8, 4) is 0 Å². The van der Waals surface area contributed by atoms with Crippen LogP contribution in [0.2, 0.25) is 0 Å². The molecule has 1 heterocycles. The largest absolute Gasteiger partial charge is 0.387 e. The molecule has 0 saturated carbocycles. The number of methoxy groups -OCH3 is 1. The summed E-state index contributed by atoms with van der Waals surface area (Å²) in [5.74, 6) is -0.0924. The predicted octanol–water partition coefficient (Wildman–Crippen LogP) is 0.0508. The van der Waals surface area contributed by atoms with Crippen LogP contribution in [0, 0.1) is 4.91 Å². The van der Waals surface area contributed by atoms with Crippen molar-refractivity contribution in [1.82, 2.24) is 9.91 Å². The van der Waals surface area contributed by atoms with E-state index in [1.54, 1.807) is 0 Å². The Hall–Kier alpha value is -1.90. The monoisotopic (exact) mass is 505 g/mol. The summed E-state index contributed by atoms with van der Waals surface area (Å²) in [4.78, 5) is 24.9. The third kappa shape index (κ3) is 7.06. The van der Waals surface area contributed by atoms with Gasteiger partial charge < -0.3 is 34.6 Å². The van der Waals surface area contributed by atoms with Gasteiger partial charge in [-0.3, -0.25) is 4.90 Å². The highest BCUT2D eigenvalue weighted by molar-refractivity contribution is 6.18. The molecular formula is C21H32ClN3O9. The van der Waals surface area contributed by atoms with Crippen LogP contribution >= 0.6 is 11.6 Å². The van der Waals surface area contributed by atoms with Crippen LogP contribution in [0.25, 0.3) is 0 Å². The van der Waals surface area contributed by atoms with E-state index in [0.29, 0.717) is 11.4 Å². The fourth-order valence-electron chi connectivity index (χ4n) is 3.62. The summed E-state index contributed by atoms with van der Waals surface area (Å²) in [6, 6.07) is 7.57. The van der Waals surface area contributed by atoms with Crippen LogP contribution in [0.3, 0.4) is 0 Å². The van der Waals surface area contributed by atoms with Crippen molar-refractivity contribution in [2.45, 2.75) is 56.3 Å². The average Bonchev–Trinajstić information content (AvgIpc) is 2.83. The molecule has 12 nitrogen and oxygen atoms in total. The second-order valence-electron chi connectivity index (χ2n) is 7.85. The van der Waals surface area contributed by atoms with Gasteiger partial charge in [0, 0.05) is 13.0 Å². The van der Waals surface area contributed by atoms with Crippen molar-refractivity contribution in [3.05, 3.63) is 40.8 Å². The lowest BCUT2D eigenvalue weighted by Gasteiger charge is -2.45. The van der Waals surface area contributed by atoms with E-state index < -0.39 is 49.0 Å². The number of alkyl halides is 1. The summed E-state index contributed by atoms with van der Waals surface area (Å²) < 4.78 is 16.2. The first-order valence-electron chi connectivity index (χ1n) is 10.8. The molecule has 0 aliphatic carbocycles. The Labute approximate surface area is 202 Å². The molecule has 0 radical (unpaired) electrons. The van der Waals surface area contributed by atoms with Crippen molar-refractivity contribution in [1.29, 1.82) is 0 Å². The van der Waals surface area contributed by atoms with E-state index in [9.17, 15) is 30.1 Å². The number of nitroso groups, excluding NO2 is 1. The van der Waals surface area contributed by atoms with Crippen LogP contribution in [-0.4, -0.2) is 112 Å². The summed E-state index contributed by atoms with van der Waals surface area (Å²) >= 11 is 5.62. The van der Waals surface area contributed by atoms with Gasteiger partial charge in [-0.05, 0) is 18.9 Å². The highest BCUT2D eigenvalue weighted by Crippen LogP contribution is 2.27. The van der Waals surface area contributed by atoms with Gasteiger partial charge in [-0.2, -0.15) is 5.01 Å². The molecule has 4 N–H and O–H groups in total. The van der Waals surface area contributed by atoms with Gasteiger partial charge in [0.2, 0.25) is 0 Å². The maximum atomic E-state index is 12.9.